The molecule has 0 unspecified atom stereocenters. The third-order valence-electron chi connectivity index (χ3n) is 3.96. The Morgan fingerprint density at radius 3 is 2.88 bits per heavy atom. The third kappa shape index (κ3) is 2.92. The molecule has 0 fully saturated rings. The SMILES string of the molecule is CCn1c(=NC(=O)[C@@H]2COc3ccccc3O2)sc2cccc(Cl)c21. The summed E-state index contributed by atoms with van der Waals surface area (Å²) in [5.74, 6) is 0.841. The predicted octanol–water partition coefficient (Wildman–Crippen LogP) is 3.64. The van der Waals surface area contributed by atoms with Crippen LogP contribution in [0.5, 0.6) is 11.5 Å². The van der Waals surface area contributed by atoms with E-state index in [4.69, 9.17) is 21.1 Å². The van der Waals surface area contributed by atoms with Crippen molar-refractivity contribution in [2.24, 2.45) is 4.99 Å². The van der Waals surface area contributed by atoms with Gasteiger partial charge in [0.25, 0.3) is 5.91 Å². The second-order valence-corrected chi connectivity index (χ2v) is 6.95. The number of carbonyl (C=O) groups excluding carboxylic acids is 1. The van der Waals surface area contributed by atoms with Gasteiger partial charge in [-0.1, -0.05) is 41.1 Å². The van der Waals surface area contributed by atoms with Gasteiger partial charge in [0.2, 0.25) is 6.10 Å². The van der Waals surface area contributed by atoms with Crippen molar-refractivity contribution in [3.8, 4) is 11.5 Å². The largest absolute Gasteiger partial charge is 0.485 e. The maximum atomic E-state index is 12.6. The molecular formula is C18H15ClN2O3S. The van der Waals surface area contributed by atoms with Gasteiger partial charge in [-0.2, -0.15) is 4.99 Å². The number of rotatable bonds is 2. The molecule has 7 heteroatoms. The Morgan fingerprint density at radius 2 is 2.08 bits per heavy atom. The number of aromatic nitrogens is 1. The Labute approximate surface area is 153 Å². The molecule has 0 bridgehead atoms. The fourth-order valence-corrected chi connectivity index (χ4v) is 4.23. The first-order valence-electron chi connectivity index (χ1n) is 7.92. The number of fused-ring (bicyclic) bond motifs is 2. The molecule has 25 heavy (non-hydrogen) atoms. The number of para-hydroxylation sites is 3. The van der Waals surface area contributed by atoms with Gasteiger partial charge in [-0.3, -0.25) is 4.79 Å². The van der Waals surface area contributed by atoms with E-state index in [1.807, 2.05) is 47.9 Å². The van der Waals surface area contributed by atoms with Crippen LogP contribution >= 0.6 is 22.9 Å². The number of thiazole rings is 1. The monoisotopic (exact) mass is 374 g/mol. The standard InChI is InChI=1S/C18H15ClN2O3S/c1-2-21-16-11(19)6-5-9-15(16)25-18(21)20-17(22)14-10-23-12-7-3-4-8-13(12)24-14/h3-9,14H,2,10H2,1H3/t14-/m0/s1. The van der Waals surface area contributed by atoms with Crippen LogP contribution < -0.4 is 14.3 Å². The molecule has 0 aliphatic carbocycles. The van der Waals surface area contributed by atoms with Gasteiger partial charge in [0.05, 0.1) is 15.2 Å². The molecule has 0 N–H and O–H groups in total. The smallest absolute Gasteiger partial charge is 0.292 e. The summed E-state index contributed by atoms with van der Waals surface area (Å²) < 4.78 is 14.3. The molecule has 1 amide bonds. The molecule has 4 rings (SSSR count). The minimum absolute atomic E-state index is 0.150. The Bertz CT molecular complexity index is 1020. The van der Waals surface area contributed by atoms with E-state index in [1.54, 1.807) is 6.07 Å². The van der Waals surface area contributed by atoms with Crippen LogP contribution in [0.1, 0.15) is 6.92 Å². The molecule has 5 nitrogen and oxygen atoms in total. The minimum atomic E-state index is -0.749. The Hall–Kier alpha value is -2.31. The van der Waals surface area contributed by atoms with Gasteiger partial charge in [0.15, 0.2) is 16.3 Å². The van der Waals surface area contributed by atoms with Crippen molar-refractivity contribution < 1.29 is 14.3 Å². The molecular weight excluding hydrogens is 360 g/mol. The van der Waals surface area contributed by atoms with Gasteiger partial charge >= 0.3 is 0 Å². The summed E-state index contributed by atoms with van der Waals surface area (Å²) in [7, 11) is 0. The highest BCUT2D eigenvalue weighted by molar-refractivity contribution is 7.16. The molecule has 0 saturated carbocycles. The summed E-state index contributed by atoms with van der Waals surface area (Å²) in [6, 6.07) is 13.0. The van der Waals surface area contributed by atoms with Crippen LogP contribution in [0.15, 0.2) is 47.5 Å². The first-order chi connectivity index (χ1) is 12.2. The third-order valence-corrected chi connectivity index (χ3v) is 5.31. The zero-order valence-corrected chi connectivity index (χ0v) is 15.0. The van der Waals surface area contributed by atoms with Gasteiger partial charge < -0.3 is 14.0 Å². The van der Waals surface area contributed by atoms with Gasteiger partial charge in [0, 0.05) is 6.54 Å². The fraction of sp³-hybridized carbons (Fsp3) is 0.222. The number of aryl methyl sites for hydroxylation is 1. The van der Waals surface area contributed by atoms with Crippen LogP contribution in [0, 0.1) is 0 Å². The molecule has 0 radical (unpaired) electrons. The molecule has 3 aromatic rings. The number of ether oxygens (including phenoxy) is 2. The number of hydrogen-bond acceptors (Lipinski definition) is 4. The van der Waals surface area contributed by atoms with E-state index in [9.17, 15) is 4.79 Å². The van der Waals surface area contributed by atoms with Crippen molar-refractivity contribution in [2.45, 2.75) is 19.6 Å². The molecule has 0 spiro atoms. The zero-order chi connectivity index (χ0) is 17.4. The van der Waals surface area contributed by atoms with E-state index in [-0.39, 0.29) is 12.5 Å². The van der Waals surface area contributed by atoms with E-state index < -0.39 is 6.10 Å². The summed E-state index contributed by atoms with van der Waals surface area (Å²) >= 11 is 7.75. The predicted molar refractivity (Wildman–Crippen MR) is 97.4 cm³/mol. The van der Waals surface area contributed by atoms with Gasteiger partial charge in [-0.15, -0.1) is 0 Å². The first kappa shape index (κ1) is 16.2. The number of nitrogens with zero attached hydrogens (tertiary/aromatic N) is 2. The highest BCUT2D eigenvalue weighted by atomic mass is 35.5. The van der Waals surface area contributed by atoms with Crippen molar-refractivity contribution in [1.82, 2.24) is 4.57 Å². The second kappa shape index (κ2) is 6.54. The van der Waals surface area contributed by atoms with E-state index in [0.29, 0.717) is 27.9 Å². The quantitative estimate of drug-likeness (QED) is 0.688. The van der Waals surface area contributed by atoms with E-state index >= 15 is 0 Å². The molecule has 2 heterocycles. The van der Waals surface area contributed by atoms with Crippen LogP contribution in [-0.4, -0.2) is 23.2 Å². The number of benzene rings is 2. The lowest BCUT2D eigenvalue weighted by Gasteiger charge is -2.23. The zero-order valence-electron chi connectivity index (χ0n) is 13.4. The Balaban J connectivity index is 1.71. The lowest BCUT2D eigenvalue weighted by molar-refractivity contribution is -0.127. The lowest BCUT2D eigenvalue weighted by atomic mass is 10.2. The normalized spacial score (nSPS) is 17.0. The van der Waals surface area contributed by atoms with E-state index in [0.717, 1.165) is 10.2 Å². The van der Waals surface area contributed by atoms with Crippen LogP contribution in [0.3, 0.4) is 0 Å². The summed E-state index contributed by atoms with van der Waals surface area (Å²) in [5.41, 5.74) is 0.898. The molecule has 1 atom stereocenters. The van der Waals surface area contributed by atoms with Crippen molar-refractivity contribution in [3.05, 3.63) is 52.3 Å². The topological polar surface area (TPSA) is 52.8 Å². The summed E-state index contributed by atoms with van der Waals surface area (Å²) in [6.45, 7) is 2.81. The lowest BCUT2D eigenvalue weighted by Crippen LogP contribution is -2.36. The average Bonchev–Trinajstić information content (AvgIpc) is 2.99. The summed E-state index contributed by atoms with van der Waals surface area (Å²) in [5, 5.41) is 0.649. The second-order valence-electron chi connectivity index (χ2n) is 5.53. The van der Waals surface area contributed by atoms with Crippen LogP contribution in [-0.2, 0) is 11.3 Å². The van der Waals surface area contributed by atoms with E-state index in [1.165, 1.54) is 11.3 Å². The highest BCUT2D eigenvalue weighted by Crippen LogP contribution is 2.31. The van der Waals surface area contributed by atoms with Crippen LogP contribution in [0.4, 0.5) is 0 Å². The first-order valence-corrected chi connectivity index (χ1v) is 9.11. The van der Waals surface area contributed by atoms with Crippen LogP contribution in [0.25, 0.3) is 10.2 Å². The maximum absolute atomic E-state index is 12.6. The van der Waals surface area contributed by atoms with Crippen molar-refractivity contribution in [2.75, 3.05) is 6.61 Å². The number of carbonyl (C=O) groups is 1. The summed E-state index contributed by atoms with van der Waals surface area (Å²) in [4.78, 5) is 17.5. The van der Waals surface area contributed by atoms with Gasteiger partial charge in [0.1, 0.15) is 6.61 Å². The van der Waals surface area contributed by atoms with Crippen molar-refractivity contribution >= 4 is 39.1 Å². The summed E-state index contributed by atoms with van der Waals surface area (Å²) in [6.07, 6.45) is -0.749. The van der Waals surface area contributed by atoms with Crippen molar-refractivity contribution in [3.63, 3.8) is 0 Å². The van der Waals surface area contributed by atoms with Crippen molar-refractivity contribution in [1.29, 1.82) is 0 Å². The fourth-order valence-electron chi connectivity index (χ4n) is 2.77. The highest BCUT2D eigenvalue weighted by Gasteiger charge is 2.27. The molecule has 2 aromatic carbocycles. The maximum Gasteiger partial charge on any atom is 0.292 e. The molecule has 1 aromatic heterocycles. The van der Waals surface area contributed by atoms with Gasteiger partial charge in [-0.25, -0.2) is 0 Å². The number of amides is 1. The number of hydrogen-bond donors (Lipinski definition) is 0. The van der Waals surface area contributed by atoms with Crippen LogP contribution in [0.2, 0.25) is 5.02 Å². The Kier molecular flexibility index (Phi) is 4.23. The molecule has 128 valence electrons. The molecule has 1 aliphatic rings. The average molecular weight is 375 g/mol. The molecule has 0 saturated heterocycles. The Morgan fingerprint density at radius 1 is 1.28 bits per heavy atom. The molecule has 1 aliphatic heterocycles. The van der Waals surface area contributed by atoms with Gasteiger partial charge in [-0.05, 0) is 31.2 Å². The van der Waals surface area contributed by atoms with E-state index in [2.05, 4.69) is 4.99 Å². The minimum Gasteiger partial charge on any atom is -0.485 e. The number of halogens is 1.